The number of hydrogen-bond donors (Lipinski definition) is 1. The van der Waals surface area contributed by atoms with Crippen LogP contribution in [0.4, 0.5) is 4.79 Å². The molecular weight excluding hydrogens is 248 g/mol. The van der Waals surface area contributed by atoms with Crippen LogP contribution in [0, 0.1) is 0 Å². The van der Waals surface area contributed by atoms with Gasteiger partial charge in [0, 0.05) is 37.9 Å². The molecule has 1 fully saturated rings. The molecular formula is C12H14N4O3. The Hall–Kier alpha value is -2.31. The van der Waals surface area contributed by atoms with E-state index >= 15 is 0 Å². The van der Waals surface area contributed by atoms with E-state index in [1.807, 2.05) is 0 Å². The molecule has 2 aromatic heterocycles. The Bertz CT molecular complexity index is 675. The normalized spacial score (nSPS) is 19.8. The minimum absolute atomic E-state index is 0.112. The van der Waals surface area contributed by atoms with Crippen molar-refractivity contribution in [2.45, 2.75) is 18.9 Å². The van der Waals surface area contributed by atoms with E-state index in [1.165, 1.54) is 4.90 Å². The van der Waals surface area contributed by atoms with Crippen LogP contribution in [0.5, 0.6) is 0 Å². The molecule has 1 saturated heterocycles. The highest BCUT2D eigenvalue weighted by atomic mass is 16.4. The molecule has 3 heterocycles. The quantitative estimate of drug-likeness (QED) is 0.824. The Balaban J connectivity index is 1.97. The van der Waals surface area contributed by atoms with E-state index in [2.05, 4.69) is 4.98 Å². The van der Waals surface area contributed by atoms with Gasteiger partial charge in [0.1, 0.15) is 0 Å². The zero-order chi connectivity index (χ0) is 13.4. The fourth-order valence-corrected chi connectivity index (χ4v) is 2.57. The van der Waals surface area contributed by atoms with E-state index in [-0.39, 0.29) is 11.6 Å². The third-order valence-corrected chi connectivity index (χ3v) is 3.54. The second-order valence-corrected chi connectivity index (χ2v) is 4.69. The van der Waals surface area contributed by atoms with Crippen LogP contribution in [0.1, 0.15) is 18.9 Å². The highest BCUT2D eigenvalue weighted by Crippen LogP contribution is 2.20. The largest absolute Gasteiger partial charge is 0.465 e. The van der Waals surface area contributed by atoms with Gasteiger partial charge in [-0.25, -0.2) is 9.78 Å². The van der Waals surface area contributed by atoms with E-state index in [1.54, 1.807) is 33.8 Å². The van der Waals surface area contributed by atoms with Gasteiger partial charge in [0.15, 0.2) is 0 Å². The van der Waals surface area contributed by atoms with Crippen LogP contribution in [0.3, 0.4) is 0 Å². The number of aromatic nitrogens is 3. The van der Waals surface area contributed by atoms with E-state index in [4.69, 9.17) is 5.11 Å². The predicted octanol–water partition coefficient (Wildman–Crippen LogP) is 0.811. The lowest BCUT2D eigenvalue weighted by Gasteiger charge is -2.31. The summed E-state index contributed by atoms with van der Waals surface area (Å²) in [5, 5.41) is 9.03. The van der Waals surface area contributed by atoms with Crippen molar-refractivity contribution in [1.82, 2.24) is 18.9 Å². The molecule has 19 heavy (non-hydrogen) atoms. The Labute approximate surface area is 108 Å². The SMILES string of the molecule is O=C(O)N1CCCC(n2ccn3ccnc3c2=O)C1. The van der Waals surface area contributed by atoms with Crippen molar-refractivity contribution >= 4 is 11.7 Å². The maximum atomic E-state index is 12.3. The number of carboxylic acid groups (broad SMARTS) is 1. The summed E-state index contributed by atoms with van der Waals surface area (Å²) in [6.07, 6.45) is 7.40. The van der Waals surface area contributed by atoms with Gasteiger partial charge in [-0.15, -0.1) is 0 Å². The standard InChI is InChI=1S/C12H14N4O3/c17-11-10-13-3-5-14(10)6-7-16(11)9-2-1-4-15(8-9)12(18)19/h3,5-7,9H,1-2,4,8H2,(H,18,19). The number of piperidine rings is 1. The summed E-state index contributed by atoms with van der Waals surface area (Å²) >= 11 is 0. The Morgan fingerprint density at radius 3 is 3.00 bits per heavy atom. The van der Waals surface area contributed by atoms with Crippen molar-refractivity contribution in [3.8, 4) is 0 Å². The van der Waals surface area contributed by atoms with Gasteiger partial charge >= 0.3 is 6.09 Å². The Kier molecular flexibility index (Phi) is 2.73. The molecule has 0 spiro atoms. The van der Waals surface area contributed by atoms with Gasteiger partial charge < -0.3 is 19.0 Å². The van der Waals surface area contributed by atoms with Crippen LogP contribution in [-0.4, -0.2) is 43.1 Å². The van der Waals surface area contributed by atoms with Crippen molar-refractivity contribution < 1.29 is 9.90 Å². The number of carbonyl (C=O) groups is 1. The van der Waals surface area contributed by atoms with Crippen molar-refractivity contribution in [3.63, 3.8) is 0 Å². The Morgan fingerprint density at radius 2 is 2.21 bits per heavy atom. The number of hydrogen-bond acceptors (Lipinski definition) is 3. The summed E-state index contributed by atoms with van der Waals surface area (Å²) in [5.41, 5.74) is 0.194. The topological polar surface area (TPSA) is 79.8 Å². The monoisotopic (exact) mass is 262 g/mol. The van der Waals surface area contributed by atoms with Crippen molar-refractivity contribution in [2.75, 3.05) is 13.1 Å². The molecule has 7 heteroatoms. The molecule has 100 valence electrons. The summed E-state index contributed by atoms with van der Waals surface area (Å²) in [4.78, 5) is 28.7. The number of nitrogens with zero attached hydrogens (tertiary/aromatic N) is 4. The maximum Gasteiger partial charge on any atom is 0.407 e. The molecule has 0 radical (unpaired) electrons. The van der Waals surface area contributed by atoms with Crippen molar-refractivity contribution in [1.29, 1.82) is 0 Å². The first kappa shape index (κ1) is 11.8. The number of fused-ring (bicyclic) bond motifs is 1. The van der Waals surface area contributed by atoms with Gasteiger partial charge in [-0.05, 0) is 12.8 Å². The summed E-state index contributed by atoms with van der Waals surface area (Å²) in [6.45, 7) is 0.887. The van der Waals surface area contributed by atoms with Gasteiger partial charge in [0.05, 0.1) is 6.04 Å². The molecule has 2 aromatic rings. The number of amides is 1. The zero-order valence-electron chi connectivity index (χ0n) is 10.3. The molecule has 1 amide bonds. The Morgan fingerprint density at radius 1 is 1.37 bits per heavy atom. The van der Waals surface area contributed by atoms with Crippen molar-refractivity contribution in [2.24, 2.45) is 0 Å². The van der Waals surface area contributed by atoms with Gasteiger partial charge in [-0.2, -0.15) is 0 Å². The summed E-state index contributed by atoms with van der Waals surface area (Å²) in [5.74, 6) is 0. The second-order valence-electron chi connectivity index (χ2n) is 4.69. The molecule has 0 bridgehead atoms. The first-order chi connectivity index (χ1) is 9.16. The lowest BCUT2D eigenvalue weighted by Crippen LogP contribution is -2.42. The minimum Gasteiger partial charge on any atom is -0.465 e. The lowest BCUT2D eigenvalue weighted by molar-refractivity contribution is 0.121. The molecule has 1 unspecified atom stereocenters. The molecule has 1 aliphatic rings. The fraction of sp³-hybridized carbons (Fsp3) is 0.417. The highest BCUT2D eigenvalue weighted by molar-refractivity contribution is 5.65. The third-order valence-electron chi connectivity index (χ3n) is 3.54. The predicted molar refractivity (Wildman–Crippen MR) is 67.3 cm³/mol. The molecule has 3 rings (SSSR count). The van der Waals surface area contributed by atoms with E-state index in [0.29, 0.717) is 18.7 Å². The van der Waals surface area contributed by atoms with E-state index < -0.39 is 6.09 Å². The smallest absolute Gasteiger partial charge is 0.407 e. The molecule has 0 aliphatic carbocycles. The summed E-state index contributed by atoms with van der Waals surface area (Å²) < 4.78 is 3.26. The third kappa shape index (κ3) is 1.96. The first-order valence-electron chi connectivity index (χ1n) is 6.18. The molecule has 1 N–H and O–H groups in total. The molecule has 7 nitrogen and oxygen atoms in total. The maximum absolute atomic E-state index is 12.3. The van der Waals surface area contributed by atoms with Gasteiger partial charge in [0.2, 0.25) is 5.65 Å². The molecule has 1 aliphatic heterocycles. The first-order valence-corrected chi connectivity index (χ1v) is 6.18. The van der Waals surface area contributed by atoms with Gasteiger partial charge in [0.25, 0.3) is 5.56 Å². The second kappa shape index (κ2) is 4.42. The lowest BCUT2D eigenvalue weighted by atomic mass is 10.1. The minimum atomic E-state index is -0.931. The van der Waals surface area contributed by atoms with E-state index in [9.17, 15) is 9.59 Å². The van der Waals surface area contributed by atoms with Crippen LogP contribution in [0.25, 0.3) is 5.65 Å². The summed E-state index contributed by atoms with van der Waals surface area (Å²) in [6, 6.07) is -0.112. The molecule has 0 saturated carbocycles. The van der Waals surface area contributed by atoms with Crippen LogP contribution in [-0.2, 0) is 0 Å². The van der Waals surface area contributed by atoms with Crippen LogP contribution >= 0.6 is 0 Å². The van der Waals surface area contributed by atoms with Crippen molar-refractivity contribution in [3.05, 3.63) is 35.1 Å². The average molecular weight is 262 g/mol. The fourth-order valence-electron chi connectivity index (χ4n) is 2.57. The molecule has 1 atom stereocenters. The number of likely N-dealkylation sites (tertiary alicyclic amines) is 1. The van der Waals surface area contributed by atoms with Gasteiger partial charge in [-0.1, -0.05) is 0 Å². The van der Waals surface area contributed by atoms with Gasteiger partial charge in [-0.3, -0.25) is 4.79 Å². The molecule has 0 aromatic carbocycles. The number of imidazole rings is 1. The average Bonchev–Trinajstić information content (AvgIpc) is 2.88. The zero-order valence-corrected chi connectivity index (χ0v) is 10.3. The number of rotatable bonds is 1. The van der Waals surface area contributed by atoms with Crippen LogP contribution < -0.4 is 5.56 Å². The summed E-state index contributed by atoms with van der Waals surface area (Å²) in [7, 11) is 0. The van der Waals surface area contributed by atoms with Crippen LogP contribution in [0.2, 0.25) is 0 Å². The highest BCUT2D eigenvalue weighted by Gasteiger charge is 2.25. The van der Waals surface area contributed by atoms with E-state index in [0.717, 1.165) is 12.8 Å². The van der Waals surface area contributed by atoms with Crippen LogP contribution in [0.15, 0.2) is 29.6 Å².